The molecular formula is C11H18N4. The first-order valence-electron chi connectivity index (χ1n) is 5.59. The van der Waals surface area contributed by atoms with Gasteiger partial charge in [0.05, 0.1) is 23.8 Å². The lowest BCUT2D eigenvalue weighted by Gasteiger charge is -2.12. The third-order valence-electron chi connectivity index (χ3n) is 2.46. The second-order valence-electron chi connectivity index (χ2n) is 3.77. The van der Waals surface area contributed by atoms with E-state index >= 15 is 0 Å². The lowest BCUT2D eigenvalue weighted by Crippen LogP contribution is -2.21. The summed E-state index contributed by atoms with van der Waals surface area (Å²) in [5, 5.41) is 10.1. The third-order valence-corrected chi connectivity index (χ3v) is 2.46. The van der Waals surface area contributed by atoms with Crippen LogP contribution in [0, 0.1) is 0 Å². The van der Waals surface area contributed by atoms with Gasteiger partial charge in [0, 0.05) is 13.1 Å². The van der Waals surface area contributed by atoms with Gasteiger partial charge in [-0.3, -0.25) is 4.98 Å². The minimum Gasteiger partial charge on any atom is -0.384 e. The molecule has 0 radical (unpaired) electrons. The van der Waals surface area contributed by atoms with E-state index in [4.69, 9.17) is 0 Å². The summed E-state index contributed by atoms with van der Waals surface area (Å²) in [5.74, 6) is 0. The van der Waals surface area contributed by atoms with Crippen LogP contribution in [-0.4, -0.2) is 31.2 Å². The Bertz CT molecular complexity index is 275. The van der Waals surface area contributed by atoms with Crippen LogP contribution in [0.3, 0.4) is 0 Å². The quantitative estimate of drug-likeness (QED) is 0.598. The highest BCUT2D eigenvalue weighted by Gasteiger charge is 1.98. The number of anilines is 2. The Morgan fingerprint density at radius 2 is 1.47 bits per heavy atom. The van der Waals surface area contributed by atoms with Crippen molar-refractivity contribution in [3.63, 3.8) is 0 Å². The van der Waals surface area contributed by atoms with Gasteiger partial charge in [-0.15, -0.1) is 0 Å². The first kappa shape index (κ1) is 10.2. The summed E-state index contributed by atoms with van der Waals surface area (Å²) < 4.78 is 0. The van der Waals surface area contributed by atoms with Crippen LogP contribution in [0.5, 0.6) is 0 Å². The van der Waals surface area contributed by atoms with E-state index in [2.05, 4.69) is 27.0 Å². The standard InChI is InChI=1S/C11H18N4/c1-3-12-4-2-6-15-11-7-10(14-5-1)8-13-9-11/h7-9,12,14-15H,1-6H2. The molecule has 1 aliphatic rings. The molecule has 2 heterocycles. The molecule has 0 amide bonds. The lowest BCUT2D eigenvalue weighted by atomic mass is 10.3. The molecule has 2 rings (SSSR count). The van der Waals surface area contributed by atoms with Gasteiger partial charge in [0.15, 0.2) is 0 Å². The number of hydrogen-bond donors (Lipinski definition) is 3. The van der Waals surface area contributed by atoms with Gasteiger partial charge in [0.2, 0.25) is 0 Å². The Hall–Kier alpha value is -1.29. The van der Waals surface area contributed by atoms with Crippen LogP contribution >= 0.6 is 0 Å². The first-order chi connectivity index (χ1) is 7.45. The highest BCUT2D eigenvalue weighted by Crippen LogP contribution is 2.12. The maximum absolute atomic E-state index is 4.19. The summed E-state index contributed by atoms with van der Waals surface area (Å²) in [6, 6.07) is 2.11. The second kappa shape index (κ2) is 5.56. The van der Waals surface area contributed by atoms with Crippen LogP contribution in [0.25, 0.3) is 0 Å². The molecule has 0 aromatic carbocycles. The number of nitrogens with one attached hydrogen (secondary N) is 3. The van der Waals surface area contributed by atoms with Crippen molar-refractivity contribution in [3.05, 3.63) is 18.5 Å². The summed E-state index contributed by atoms with van der Waals surface area (Å²) >= 11 is 0. The van der Waals surface area contributed by atoms with E-state index in [1.807, 2.05) is 12.4 Å². The minimum absolute atomic E-state index is 0.998. The second-order valence-corrected chi connectivity index (χ2v) is 3.77. The Morgan fingerprint density at radius 1 is 0.867 bits per heavy atom. The molecule has 82 valence electrons. The highest BCUT2D eigenvalue weighted by molar-refractivity contribution is 5.53. The number of rotatable bonds is 0. The number of hydrogen-bond acceptors (Lipinski definition) is 4. The molecule has 2 bridgehead atoms. The van der Waals surface area contributed by atoms with Gasteiger partial charge in [0.1, 0.15) is 0 Å². The van der Waals surface area contributed by atoms with Crippen molar-refractivity contribution >= 4 is 11.4 Å². The predicted molar refractivity (Wildman–Crippen MR) is 63.3 cm³/mol. The van der Waals surface area contributed by atoms with Crippen molar-refractivity contribution in [2.75, 3.05) is 36.8 Å². The van der Waals surface area contributed by atoms with Crippen LogP contribution in [0.4, 0.5) is 11.4 Å². The van der Waals surface area contributed by atoms with Crippen LogP contribution in [-0.2, 0) is 0 Å². The Kier molecular flexibility index (Phi) is 3.79. The molecule has 1 aromatic heterocycles. The monoisotopic (exact) mass is 206 g/mol. The summed E-state index contributed by atoms with van der Waals surface area (Å²) in [4.78, 5) is 4.19. The molecule has 0 saturated heterocycles. The molecular weight excluding hydrogens is 188 g/mol. The largest absolute Gasteiger partial charge is 0.384 e. The van der Waals surface area contributed by atoms with Crippen molar-refractivity contribution in [1.82, 2.24) is 10.3 Å². The van der Waals surface area contributed by atoms with E-state index in [1.165, 1.54) is 0 Å². The fraction of sp³-hybridized carbons (Fsp3) is 0.545. The van der Waals surface area contributed by atoms with Gasteiger partial charge in [-0.1, -0.05) is 0 Å². The average molecular weight is 206 g/mol. The van der Waals surface area contributed by atoms with Gasteiger partial charge in [-0.2, -0.15) is 0 Å². The van der Waals surface area contributed by atoms with E-state index in [0.717, 1.165) is 50.4 Å². The molecule has 0 unspecified atom stereocenters. The van der Waals surface area contributed by atoms with Crippen LogP contribution in [0.15, 0.2) is 18.5 Å². The van der Waals surface area contributed by atoms with Gasteiger partial charge < -0.3 is 16.0 Å². The maximum atomic E-state index is 4.19. The van der Waals surface area contributed by atoms with Gasteiger partial charge in [0.25, 0.3) is 0 Å². The molecule has 4 nitrogen and oxygen atoms in total. The zero-order valence-corrected chi connectivity index (χ0v) is 8.92. The van der Waals surface area contributed by atoms with Crippen molar-refractivity contribution in [2.45, 2.75) is 12.8 Å². The summed E-state index contributed by atoms with van der Waals surface area (Å²) in [5.41, 5.74) is 2.20. The summed E-state index contributed by atoms with van der Waals surface area (Å²) in [6.45, 7) is 4.16. The van der Waals surface area contributed by atoms with E-state index < -0.39 is 0 Å². The summed E-state index contributed by atoms with van der Waals surface area (Å²) in [6.07, 6.45) is 6.03. The Balaban J connectivity index is 2.00. The normalized spacial score (nSPS) is 17.9. The summed E-state index contributed by atoms with van der Waals surface area (Å²) in [7, 11) is 0. The molecule has 0 saturated carbocycles. The smallest absolute Gasteiger partial charge is 0.0547 e. The zero-order chi connectivity index (χ0) is 10.3. The molecule has 4 heteroatoms. The van der Waals surface area contributed by atoms with Crippen molar-refractivity contribution in [2.24, 2.45) is 0 Å². The molecule has 0 fully saturated rings. The fourth-order valence-electron chi connectivity index (χ4n) is 1.65. The zero-order valence-electron chi connectivity index (χ0n) is 8.92. The number of nitrogens with zero attached hydrogens (tertiary/aromatic N) is 1. The molecule has 3 N–H and O–H groups in total. The minimum atomic E-state index is 0.998. The van der Waals surface area contributed by atoms with Crippen molar-refractivity contribution < 1.29 is 0 Å². The Labute approximate surface area is 90.5 Å². The highest BCUT2D eigenvalue weighted by atomic mass is 14.9. The predicted octanol–water partition coefficient (Wildman–Crippen LogP) is 1.29. The number of aromatic nitrogens is 1. The van der Waals surface area contributed by atoms with E-state index in [-0.39, 0.29) is 0 Å². The average Bonchev–Trinajstić information content (AvgIpc) is 2.26. The van der Waals surface area contributed by atoms with Gasteiger partial charge in [-0.05, 0) is 32.0 Å². The Morgan fingerprint density at radius 3 is 2.07 bits per heavy atom. The van der Waals surface area contributed by atoms with Crippen LogP contribution in [0.2, 0.25) is 0 Å². The van der Waals surface area contributed by atoms with E-state index in [0.29, 0.717) is 0 Å². The third kappa shape index (κ3) is 3.40. The molecule has 0 spiro atoms. The molecule has 0 aliphatic carbocycles. The molecule has 1 aliphatic heterocycles. The van der Waals surface area contributed by atoms with E-state index in [1.54, 1.807) is 0 Å². The first-order valence-corrected chi connectivity index (χ1v) is 5.59. The van der Waals surface area contributed by atoms with Crippen LogP contribution < -0.4 is 16.0 Å². The molecule has 1 aromatic rings. The number of pyridine rings is 1. The molecule has 0 atom stereocenters. The lowest BCUT2D eigenvalue weighted by molar-refractivity contribution is 0.642. The van der Waals surface area contributed by atoms with Gasteiger partial charge >= 0.3 is 0 Å². The van der Waals surface area contributed by atoms with Crippen molar-refractivity contribution in [3.8, 4) is 0 Å². The topological polar surface area (TPSA) is 49.0 Å². The fourth-order valence-corrected chi connectivity index (χ4v) is 1.65. The number of fused-ring (bicyclic) bond motifs is 2. The van der Waals surface area contributed by atoms with Crippen LogP contribution in [0.1, 0.15) is 12.8 Å². The SMILES string of the molecule is c1ncc2cc1NCCCNCCCN2. The molecule has 15 heavy (non-hydrogen) atoms. The maximum Gasteiger partial charge on any atom is 0.0547 e. The van der Waals surface area contributed by atoms with E-state index in [9.17, 15) is 0 Å². The van der Waals surface area contributed by atoms with Crippen molar-refractivity contribution in [1.29, 1.82) is 0 Å². The van der Waals surface area contributed by atoms with Gasteiger partial charge in [-0.25, -0.2) is 0 Å².